The second kappa shape index (κ2) is 4.51. The zero-order valence-corrected chi connectivity index (χ0v) is 11.3. The Bertz CT molecular complexity index is 780. The molecule has 0 saturated carbocycles. The van der Waals surface area contributed by atoms with Crippen molar-refractivity contribution in [3.63, 3.8) is 0 Å². The topological polar surface area (TPSA) is 54.6 Å². The Morgan fingerprint density at radius 2 is 2.11 bits per heavy atom. The molecule has 0 saturated heterocycles. The van der Waals surface area contributed by atoms with E-state index in [-0.39, 0.29) is 17.1 Å². The predicted octanol–water partition coefficient (Wildman–Crippen LogP) is 3.03. The first-order chi connectivity index (χ1) is 9.16. The number of pyridine rings is 1. The summed E-state index contributed by atoms with van der Waals surface area (Å²) in [4.78, 5) is 16.6. The van der Waals surface area contributed by atoms with Crippen LogP contribution in [0.25, 0.3) is 5.65 Å². The van der Waals surface area contributed by atoms with Gasteiger partial charge in [-0.05, 0) is 30.3 Å². The third-order valence-electron chi connectivity index (χ3n) is 2.85. The van der Waals surface area contributed by atoms with Crippen LogP contribution < -0.4 is 0 Å². The lowest BCUT2D eigenvalue weighted by atomic mass is 10.1. The Labute approximate surface area is 117 Å². The van der Waals surface area contributed by atoms with Crippen LogP contribution in [0.1, 0.15) is 16.1 Å². The van der Waals surface area contributed by atoms with Crippen LogP contribution >= 0.6 is 15.9 Å². The third kappa shape index (κ3) is 2.02. The van der Waals surface area contributed by atoms with E-state index in [1.165, 1.54) is 12.3 Å². The zero-order chi connectivity index (χ0) is 13.4. The first kappa shape index (κ1) is 11.9. The van der Waals surface area contributed by atoms with Crippen molar-refractivity contribution in [2.75, 3.05) is 0 Å². The number of benzene rings is 1. The summed E-state index contributed by atoms with van der Waals surface area (Å²) in [5.74, 6) is -0.309. The Hall–Kier alpha value is -2.14. The number of fused-ring (bicyclic) bond motifs is 1. The quantitative estimate of drug-likeness (QED) is 0.739. The van der Waals surface area contributed by atoms with Gasteiger partial charge in [-0.2, -0.15) is 0 Å². The molecule has 2 heterocycles. The highest BCUT2D eigenvalue weighted by Gasteiger charge is 2.17. The summed E-state index contributed by atoms with van der Waals surface area (Å²) in [7, 11) is 0. The molecule has 0 unspecified atom stereocenters. The molecule has 0 spiro atoms. The minimum atomic E-state index is -0.266. The van der Waals surface area contributed by atoms with Crippen LogP contribution in [0.2, 0.25) is 0 Å². The molecule has 0 fully saturated rings. The lowest BCUT2D eigenvalue weighted by Crippen LogP contribution is -2.05. The van der Waals surface area contributed by atoms with Crippen molar-refractivity contribution in [2.45, 2.75) is 0 Å². The van der Waals surface area contributed by atoms with Crippen molar-refractivity contribution in [1.82, 2.24) is 9.38 Å². The highest BCUT2D eigenvalue weighted by molar-refractivity contribution is 9.10. The van der Waals surface area contributed by atoms with Gasteiger partial charge in [-0.15, -0.1) is 0 Å². The minimum absolute atomic E-state index is 0.0425. The fraction of sp³-hybridized carbons (Fsp3) is 0. The van der Waals surface area contributed by atoms with E-state index in [0.29, 0.717) is 11.3 Å². The van der Waals surface area contributed by atoms with E-state index >= 15 is 0 Å². The van der Waals surface area contributed by atoms with Crippen molar-refractivity contribution in [3.05, 3.63) is 64.5 Å². The highest BCUT2D eigenvalue weighted by Crippen LogP contribution is 2.24. The molecule has 94 valence electrons. The van der Waals surface area contributed by atoms with E-state index in [0.717, 1.165) is 4.47 Å². The number of halogens is 1. The van der Waals surface area contributed by atoms with Crippen LogP contribution in [0.4, 0.5) is 0 Å². The fourth-order valence-corrected chi connectivity index (χ4v) is 2.29. The van der Waals surface area contributed by atoms with Gasteiger partial charge >= 0.3 is 0 Å². The van der Waals surface area contributed by atoms with E-state index < -0.39 is 0 Å². The van der Waals surface area contributed by atoms with Gasteiger partial charge < -0.3 is 5.11 Å². The summed E-state index contributed by atoms with van der Waals surface area (Å²) < 4.78 is 2.44. The number of ketones is 1. The fourth-order valence-electron chi connectivity index (χ4n) is 1.93. The van der Waals surface area contributed by atoms with Crippen LogP contribution in [0.15, 0.2) is 53.3 Å². The van der Waals surface area contributed by atoms with Gasteiger partial charge in [-0.25, -0.2) is 4.98 Å². The molecule has 3 rings (SSSR count). The summed E-state index contributed by atoms with van der Waals surface area (Å²) in [5, 5.41) is 9.80. The van der Waals surface area contributed by atoms with E-state index in [1.54, 1.807) is 22.7 Å². The molecule has 0 radical (unpaired) electrons. The molecular weight excluding hydrogens is 308 g/mol. The number of hydrogen-bond acceptors (Lipinski definition) is 3. The number of rotatable bonds is 2. The van der Waals surface area contributed by atoms with Crippen molar-refractivity contribution in [1.29, 1.82) is 0 Å². The first-order valence-electron chi connectivity index (χ1n) is 5.62. The zero-order valence-electron chi connectivity index (χ0n) is 9.75. The molecule has 19 heavy (non-hydrogen) atoms. The minimum Gasteiger partial charge on any atom is -0.507 e. The molecule has 0 aliphatic heterocycles. The number of hydrogen-bond donors (Lipinski definition) is 1. The van der Waals surface area contributed by atoms with Gasteiger partial charge in [0.2, 0.25) is 5.78 Å². The Kier molecular flexibility index (Phi) is 2.83. The van der Waals surface area contributed by atoms with E-state index in [2.05, 4.69) is 20.9 Å². The van der Waals surface area contributed by atoms with E-state index in [9.17, 15) is 9.90 Å². The van der Waals surface area contributed by atoms with Crippen LogP contribution in [0.3, 0.4) is 0 Å². The summed E-state index contributed by atoms with van der Waals surface area (Å²) in [5.41, 5.74) is 1.37. The standard InChI is InChI=1S/C14H9BrN2O2/c15-9-4-5-12(18)10(7-9)14(19)11-8-16-13-3-1-2-6-17(11)13/h1-8,18H. The van der Waals surface area contributed by atoms with Gasteiger partial charge in [0.05, 0.1) is 11.8 Å². The molecule has 1 aromatic carbocycles. The molecule has 1 N–H and O–H groups in total. The van der Waals surface area contributed by atoms with Gasteiger partial charge in [0.25, 0.3) is 0 Å². The van der Waals surface area contributed by atoms with Crippen LogP contribution in [-0.2, 0) is 0 Å². The Balaban J connectivity index is 2.16. The number of phenolic OH excluding ortho intramolecular Hbond substituents is 1. The lowest BCUT2D eigenvalue weighted by Gasteiger charge is -2.04. The van der Waals surface area contributed by atoms with Gasteiger partial charge in [-0.1, -0.05) is 22.0 Å². The first-order valence-corrected chi connectivity index (χ1v) is 6.41. The molecule has 0 aliphatic rings. The summed E-state index contributed by atoms with van der Waals surface area (Å²) in [6.07, 6.45) is 3.28. The summed E-state index contributed by atoms with van der Waals surface area (Å²) in [6, 6.07) is 10.3. The summed E-state index contributed by atoms with van der Waals surface area (Å²) >= 11 is 3.29. The SMILES string of the molecule is O=C(c1cc(Br)ccc1O)c1cnc2ccccn12. The highest BCUT2D eigenvalue weighted by atomic mass is 79.9. The van der Waals surface area contributed by atoms with Gasteiger partial charge in [-0.3, -0.25) is 9.20 Å². The van der Waals surface area contributed by atoms with E-state index in [4.69, 9.17) is 0 Å². The normalized spacial score (nSPS) is 10.8. The molecule has 0 aliphatic carbocycles. The number of aromatic nitrogens is 2. The van der Waals surface area contributed by atoms with Crippen molar-refractivity contribution < 1.29 is 9.90 Å². The van der Waals surface area contributed by atoms with Gasteiger partial charge in [0.15, 0.2) is 0 Å². The molecule has 4 nitrogen and oxygen atoms in total. The number of phenols is 1. The number of aromatic hydroxyl groups is 1. The van der Waals surface area contributed by atoms with Crippen molar-refractivity contribution in [2.24, 2.45) is 0 Å². The number of carbonyl (C=O) groups excluding carboxylic acids is 1. The van der Waals surface area contributed by atoms with Crippen LogP contribution in [-0.4, -0.2) is 20.3 Å². The second-order valence-electron chi connectivity index (χ2n) is 4.06. The monoisotopic (exact) mass is 316 g/mol. The van der Waals surface area contributed by atoms with Crippen molar-refractivity contribution >= 4 is 27.4 Å². The number of nitrogens with zero attached hydrogens (tertiary/aromatic N) is 2. The molecule has 5 heteroatoms. The molecular formula is C14H9BrN2O2. The molecule has 0 atom stereocenters. The largest absolute Gasteiger partial charge is 0.507 e. The van der Waals surface area contributed by atoms with Crippen molar-refractivity contribution in [3.8, 4) is 5.75 Å². The maximum Gasteiger partial charge on any atom is 0.215 e. The van der Waals surface area contributed by atoms with E-state index in [1.807, 2.05) is 18.2 Å². The Morgan fingerprint density at radius 3 is 2.95 bits per heavy atom. The van der Waals surface area contributed by atoms with Crippen LogP contribution in [0.5, 0.6) is 5.75 Å². The maximum atomic E-state index is 12.5. The molecule has 2 aromatic heterocycles. The van der Waals surface area contributed by atoms with Crippen LogP contribution in [0, 0.1) is 0 Å². The lowest BCUT2D eigenvalue weighted by molar-refractivity contribution is 0.103. The predicted molar refractivity (Wildman–Crippen MR) is 74.4 cm³/mol. The third-order valence-corrected chi connectivity index (χ3v) is 3.35. The smallest absolute Gasteiger partial charge is 0.215 e. The summed E-state index contributed by atoms with van der Waals surface area (Å²) in [6.45, 7) is 0. The van der Waals surface area contributed by atoms with Gasteiger partial charge in [0.1, 0.15) is 17.1 Å². The number of carbonyl (C=O) groups is 1. The maximum absolute atomic E-state index is 12.5. The average Bonchev–Trinajstić information content (AvgIpc) is 2.84. The Morgan fingerprint density at radius 1 is 1.26 bits per heavy atom. The number of imidazole rings is 1. The molecule has 0 amide bonds. The second-order valence-corrected chi connectivity index (χ2v) is 4.98. The average molecular weight is 317 g/mol. The molecule has 0 bridgehead atoms. The van der Waals surface area contributed by atoms with Gasteiger partial charge in [0, 0.05) is 10.7 Å². The molecule has 3 aromatic rings.